The van der Waals surface area contributed by atoms with Crippen molar-refractivity contribution in [1.29, 1.82) is 0 Å². The average Bonchev–Trinajstić information content (AvgIpc) is 2.53. The van der Waals surface area contributed by atoms with E-state index in [0.717, 1.165) is 19.6 Å². The quantitative estimate of drug-likeness (QED) is 0.403. The number of nitrogens with zero attached hydrogens (tertiary/aromatic N) is 3. The second kappa shape index (κ2) is 14.5. The Bertz CT molecular complexity index is 334. The topological polar surface area (TPSA) is 57.5 Å². The minimum absolute atomic E-state index is 0.135. The molecule has 0 aliphatic rings. The van der Waals surface area contributed by atoms with Crippen molar-refractivity contribution in [3.05, 3.63) is 0 Å². The van der Waals surface area contributed by atoms with E-state index in [-0.39, 0.29) is 17.8 Å². The third-order valence-corrected chi connectivity index (χ3v) is 3.64. The summed E-state index contributed by atoms with van der Waals surface area (Å²) in [6, 6.07) is 0. The number of likely N-dealkylation sites (N-methyl/N-ethyl adjacent to an activating group) is 2. The number of aliphatic imine (C=N–C) groups is 1. The molecule has 0 bridgehead atoms. The molecule has 0 aromatic heterocycles. The van der Waals surface area contributed by atoms with Crippen LogP contribution in [-0.2, 0) is 9.47 Å². The first kappa shape index (κ1) is 26.5. The van der Waals surface area contributed by atoms with Crippen molar-refractivity contribution < 1.29 is 14.6 Å². The van der Waals surface area contributed by atoms with Crippen molar-refractivity contribution in [1.82, 2.24) is 9.80 Å². The van der Waals surface area contributed by atoms with Crippen LogP contribution in [0.5, 0.6) is 0 Å². The summed E-state index contributed by atoms with van der Waals surface area (Å²) in [5, 5.41) is 9.03. The summed E-state index contributed by atoms with van der Waals surface area (Å²) in [6.07, 6.45) is 2.46. The monoisotopic (exact) mass is 361 g/mol. The molecule has 0 aromatic carbocycles. The van der Waals surface area contributed by atoms with Gasteiger partial charge in [-0.25, -0.2) is 0 Å². The minimum atomic E-state index is -0.334. The van der Waals surface area contributed by atoms with Crippen LogP contribution in [0.25, 0.3) is 0 Å². The number of hydrogen-bond acceptors (Lipinski definition) is 5. The summed E-state index contributed by atoms with van der Waals surface area (Å²) < 4.78 is 11.8. The molecule has 0 aliphatic heterocycles. The molecule has 0 rings (SSSR count). The fraction of sp³-hybridized carbons (Fsp3) is 0.947. The van der Waals surface area contributed by atoms with E-state index in [0.29, 0.717) is 19.6 Å². The maximum atomic E-state index is 9.03. The minimum Gasteiger partial charge on any atom is -0.396 e. The highest BCUT2D eigenvalue weighted by Crippen LogP contribution is 2.18. The zero-order valence-corrected chi connectivity index (χ0v) is 18.1. The van der Waals surface area contributed by atoms with Crippen molar-refractivity contribution in [3.8, 4) is 0 Å². The molecule has 0 atom stereocenters. The first-order chi connectivity index (χ1) is 11.6. The van der Waals surface area contributed by atoms with E-state index in [1.54, 1.807) is 7.05 Å². The fourth-order valence-electron chi connectivity index (χ4n) is 1.93. The van der Waals surface area contributed by atoms with Gasteiger partial charge in [0.15, 0.2) is 0 Å². The number of rotatable bonds is 13. The lowest BCUT2D eigenvalue weighted by atomic mass is 10.1. The standard InChI is InChI=1S/C17H37N3O3.C2H6/c1-16(2,8-12-21)23-14-17(3,4)22-13-11-19(6)9-10-20(7)15-18-5;1-2/h15,21H,8-14H2,1-7H3;1-2H3. The van der Waals surface area contributed by atoms with E-state index in [1.807, 2.05) is 54.9 Å². The van der Waals surface area contributed by atoms with Gasteiger partial charge in [-0.1, -0.05) is 13.8 Å². The number of aliphatic hydroxyl groups is 1. The predicted molar refractivity (Wildman–Crippen MR) is 108 cm³/mol. The molecule has 1 N–H and O–H groups in total. The van der Waals surface area contributed by atoms with Crippen LogP contribution in [0.15, 0.2) is 4.99 Å². The second-order valence-electron chi connectivity index (χ2n) is 7.29. The molecule has 0 spiro atoms. The Morgan fingerprint density at radius 2 is 1.56 bits per heavy atom. The van der Waals surface area contributed by atoms with E-state index in [9.17, 15) is 0 Å². The molecule has 0 saturated carbocycles. The van der Waals surface area contributed by atoms with Crippen LogP contribution >= 0.6 is 0 Å². The SMILES string of the molecule is CC.CN=CN(C)CCN(C)CCOC(C)(C)COC(C)(C)CCO. The molecule has 25 heavy (non-hydrogen) atoms. The number of ether oxygens (including phenoxy) is 2. The van der Waals surface area contributed by atoms with Gasteiger partial charge >= 0.3 is 0 Å². The van der Waals surface area contributed by atoms with E-state index in [1.165, 1.54) is 0 Å². The van der Waals surface area contributed by atoms with E-state index in [4.69, 9.17) is 14.6 Å². The molecule has 0 unspecified atom stereocenters. The Balaban J connectivity index is 0. The first-order valence-corrected chi connectivity index (χ1v) is 9.32. The molecule has 0 fully saturated rings. The molecule has 0 heterocycles. The van der Waals surface area contributed by atoms with Crippen LogP contribution in [0.2, 0.25) is 0 Å². The van der Waals surface area contributed by atoms with Gasteiger partial charge < -0.3 is 24.4 Å². The summed E-state index contributed by atoms with van der Waals surface area (Å²) in [5.41, 5.74) is -0.656. The fourth-order valence-corrected chi connectivity index (χ4v) is 1.93. The van der Waals surface area contributed by atoms with Crippen molar-refractivity contribution in [3.63, 3.8) is 0 Å². The van der Waals surface area contributed by atoms with Gasteiger partial charge in [0, 0.05) is 40.3 Å². The first-order valence-electron chi connectivity index (χ1n) is 9.32. The average molecular weight is 362 g/mol. The van der Waals surface area contributed by atoms with Gasteiger partial charge in [-0.3, -0.25) is 4.99 Å². The Kier molecular flexibility index (Phi) is 15.4. The largest absolute Gasteiger partial charge is 0.396 e. The van der Waals surface area contributed by atoms with Gasteiger partial charge in [0.25, 0.3) is 0 Å². The van der Waals surface area contributed by atoms with Gasteiger partial charge in [0.1, 0.15) is 0 Å². The summed E-state index contributed by atoms with van der Waals surface area (Å²) >= 11 is 0. The molecule has 0 saturated heterocycles. The highest BCUT2D eigenvalue weighted by atomic mass is 16.6. The molecule has 0 aliphatic carbocycles. The van der Waals surface area contributed by atoms with E-state index >= 15 is 0 Å². The Labute approximate surface area is 156 Å². The van der Waals surface area contributed by atoms with Crippen molar-refractivity contribution in [2.24, 2.45) is 4.99 Å². The summed E-state index contributed by atoms with van der Waals surface area (Å²) in [5.74, 6) is 0. The van der Waals surface area contributed by atoms with Gasteiger partial charge in [-0.2, -0.15) is 0 Å². The Morgan fingerprint density at radius 1 is 0.960 bits per heavy atom. The molecule has 152 valence electrons. The highest BCUT2D eigenvalue weighted by molar-refractivity contribution is 5.53. The van der Waals surface area contributed by atoms with Crippen LogP contribution in [-0.4, -0.2) is 93.0 Å². The Morgan fingerprint density at radius 3 is 2.08 bits per heavy atom. The summed E-state index contributed by atoms with van der Waals surface area (Å²) in [6.45, 7) is 16.1. The molecular weight excluding hydrogens is 318 g/mol. The highest BCUT2D eigenvalue weighted by Gasteiger charge is 2.25. The smallest absolute Gasteiger partial charge is 0.0859 e. The van der Waals surface area contributed by atoms with Crippen LogP contribution in [0, 0.1) is 0 Å². The lowest BCUT2D eigenvalue weighted by molar-refractivity contribution is -0.126. The molecular formula is C19H43N3O3. The summed E-state index contributed by atoms with van der Waals surface area (Å²) in [4.78, 5) is 8.30. The third kappa shape index (κ3) is 16.5. The maximum Gasteiger partial charge on any atom is 0.0859 e. The Hall–Kier alpha value is -0.690. The number of hydrogen-bond donors (Lipinski definition) is 1. The normalized spacial score (nSPS) is 12.4. The van der Waals surface area contributed by atoms with Crippen LogP contribution in [0.4, 0.5) is 0 Å². The molecule has 6 nitrogen and oxygen atoms in total. The predicted octanol–water partition coefficient (Wildman–Crippen LogP) is 2.51. The molecule has 0 radical (unpaired) electrons. The molecule has 6 heteroatoms. The molecule has 0 amide bonds. The van der Waals surface area contributed by atoms with E-state index < -0.39 is 0 Å². The van der Waals surface area contributed by atoms with Crippen LogP contribution in [0.3, 0.4) is 0 Å². The van der Waals surface area contributed by atoms with Gasteiger partial charge in [0.2, 0.25) is 0 Å². The third-order valence-electron chi connectivity index (χ3n) is 3.64. The van der Waals surface area contributed by atoms with Gasteiger partial charge in [0.05, 0.1) is 30.8 Å². The van der Waals surface area contributed by atoms with E-state index in [2.05, 4.69) is 21.8 Å². The van der Waals surface area contributed by atoms with Crippen molar-refractivity contribution in [2.45, 2.75) is 59.2 Å². The van der Waals surface area contributed by atoms with Gasteiger partial charge in [-0.15, -0.1) is 0 Å². The van der Waals surface area contributed by atoms with Crippen molar-refractivity contribution >= 4 is 6.34 Å². The van der Waals surface area contributed by atoms with Gasteiger partial charge in [-0.05, 0) is 41.2 Å². The summed E-state index contributed by atoms with van der Waals surface area (Å²) in [7, 11) is 5.89. The lowest BCUT2D eigenvalue weighted by Gasteiger charge is -2.32. The maximum absolute atomic E-state index is 9.03. The number of aliphatic hydroxyl groups excluding tert-OH is 1. The van der Waals surface area contributed by atoms with Crippen molar-refractivity contribution in [2.75, 3.05) is 60.6 Å². The zero-order chi connectivity index (χ0) is 19.9. The van der Waals surface area contributed by atoms with Crippen LogP contribution in [0.1, 0.15) is 48.0 Å². The molecule has 0 aromatic rings. The lowest BCUT2D eigenvalue weighted by Crippen LogP contribution is -2.39. The zero-order valence-electron chi connectivity index (χ0n) is 18.1. The van der Waals surface area contributed by atoms with Crippen LogP contribution < -0.4 is 0 Å². The second-order valence-corrected chi connectivity index (χ2v) is 7.29.